The molecule has 9 nitrogen and oxygen atoms in total. The molecule has 2 saturated heterocycles. The van der Waals surface area contributed by atoms with E-state index < -0.39 is 5.97 Å². The molecule has 0 saturated carbocycles. The zero-order valence-corrected chi connectivity index (χ0v) is 29.9. The minimum Gasteiger partial charge on any atom is -0.493 e. The Bertz CT molecular complexity index is 1700. The number of aromatic carboxylic acids is 1. The Balaban J connectivity index is 1.27. The molecule has 1 amide bonds. The quantitative estimate of drug-likeness (QED) is 0.109. The Morgan fingerprint density at radius 1 is 1.00 bits per heavy atom. The number of ether oxygens (including phenoxy) is 3. The molecule has 0 aliphatic carbocycles. The van der Waals surface area contributed by atoms with Crippen molar-refractivity contribution in [3.05, 3.63) is 86.2 Å². The van der Waals surface area contributed by atoms with Gasteiger partial charge in [0.25, 0.3) is 5.91 Å². The number of thioether (sulfide) groups is 1. The van der Waals surface area contributed by atoms with E-state index in [0.29, 0.717) is 76.7 Å². The fourth-order valence-electron chi connectivity index (χ4n) is 5.20. The lowest BCUT2D eigenvalue weighted by Crippen LogP contribution is -2.35. The summed E-state index contributed by atoms with van der Waals surface area (Å²) >= 11 is 19.3. The summed E-state index contributed by atoms with van der Waals surface area (Å²) < 4.78 is 18.2. The Hall–Kier alpha value is -3.16. The summed E-state index contributed by atoms with van der Waals surface area (Å²) in [4.78, 5) is 31.5. The third-order valence-electron chi connectivity index (χ3n) is 7.81. The van der Waals surface area contributed by atoms with Crippen molar-refractivity contribution in [3.8, 4) is 22.6 Å². The van der Waals surface area contributed by atoms with Crippen molar-refractivity contribution >= 4 is 69.5 Å². The number of amides is 1. The van der Waals surface area contributed by atoms with Gasteiger partial charge in [0.05, 0.1) is 40.3 Å². The second kappa shape index (κ2) is 17.0. The number of hydrogen-bond donors (Lipinski definition) is 1. The SMILES string of the molecule is CN(C)CCOc1ccc(-c2ccc(Cl)c(Cl)c2)cc1/C=C1\SC(=S)N(CCCOc2ccc(C(=O)O)cc2CN2CCOCC2)C1=O. The van der Waals surface area contributed by atoms with Crippen LogP contribution < -0.4 is 9.47 Å². The molecule has 13 heteroatoms. The van der Waals surface area contributed by atoms with Gasteiger partial charge >= 0.3 is 5.97 Å². The third kappa shape index (κ3) is 9.50. The number of carbonyl (C=O) groups excluding carboxylic acids is 1. The molecule has 2 heterocycles. The summed E-state index contributed by atoms with van der Waals surface area (Å²) in [7, 11) is 3.96. The van der Waals surface area contributed by atoms with Gasteiger partial charge in [-0.25, -0.2) is 4.79 Å². The predicted octanol–water partition coefficient (Wildman–Crippen LogP) is 6.80. The first kappa shape index (κ1) is 36.1. The standard InChI is InChI=1S/C35H37Cl2N3O6S2/c1-38(2)11-17-46-30-8-5-23(24-4-7-28(36)29(37)20-24)18-26(30)21-32-33(41)40(35(47)48-32)10-3-14-45-31-9-6-25(34(42)43)19-27(31)22-39-12-15-44-16-13-39/h4-9,18-21H,3,10-17,22H2,1-2H3,(H,42,43)/b32-21-. The fraction of sp³-hybridized carbons (Fsp3) is 0.343. The molecule has 1 N–H and O–H groups in total. The first-order valence-electron chi connectivity index (χ1n) is 15.5. The van der Waals surface area contributed by atoms with Crippen LogP contribution in [0.5, 0.6) is 11.5 Å². The number of nitrogens with zero attached hydrogens (tertiary/aromatic N) is 3. The maximum atomic E-state index is 13.6. The zero-order chi connectivity index (χ0) is 34.2. The largest absolute Gasteiger partial charge is 0.493 e. The van der Waals surface area contributed by atoms with Crippen molar-refractivity contribution in [2.75, 3.05) is 66.7 Å². The van der Waals surface area contributed by atoms with Crippen LogP contribution in [0.2, 0.25) is 10.0 Å². The van der Waals surface area contributed by atoms with E-state index in [1.165, 1.54) is 11.8 Å². The number of rotatable bonds is 14. The number of benzene rings is 3. The number of carboxylic acids is 1. The topological polar surface area (TPSA) is 91.8 Å². The highest BCUT2D eigenvalue weighted by atomic mass is 35.5. The van der Waals surface area contributed by atoms with Crippen LogP contribution in [0.4, 0.5) is 0 Å². The molecule has 0 atom stereocenters. The smallest absolute Gasteiger partial charge is 0.335 e. The Labute approximate surface area is 300 Å². The van der Waals surface area contributed by atoms with E-state index in [-0.39, 0.29) is 11.5 Å². The molecule has 2 aliphatic heterocycles. The summed E-state index contributed by atoms with van der Waals surface area (Å²) in [6.45, 7) is 5.29. The van der Waals surface area contributed by atoms with Crippen LogP contribution in [0, 0.1) is 0 Å². The molecule has 0 spiro atoms. The highest BCUT2D eigenvalue weighted by Gasteiger charge is 2.32. The van der Waals surface area contributed by atoms with E-state index in [1.807, 2.05) is 55.4 Å². The molecule has 0 bridgehead atoms. The monoisotopic (exact) mass is 729 g/mol. The van der Waals surface area contributed by atoms with E-state index in [9.17, 15) is 14.7 Å². The summed E-state index contributed by atoms with van der Waals surface area (Å²) in [5.41, 5.74) is 3.55. The van der Waals surface area contributed by atoms with E-state index in [1.54, 1.807) is 29.2 Å². The average Bonchev–Trinajstić information content (AvgIpc) is 3.33. The Morgan fingerprint density at radius 3 is 2.44 bits per heavy atom. The number of thiocarbonyl (C=S) groups is 1. The van der Waals surface area contributed by atoms with Crippen molar-refractivity contribution in [3.63, 3.8) is 0 Å². The Kier molecular flexibility index (Phi) is 12.8. The Morgan fingerprint density at radius 2 is 1.71 bits per heavy atom. The van der Waals surface area contributed by atoms with Gasteiger partial charge in [0.15, 0.2) is 0 Å². The summed E-state index contributed by atoms with van der Waals surface area (Å²) in [6.07, 6.45) is 2.35. The minimum atomic E-state index is -0.986. The van der Waals surface area contributed by atoms with Crippen molar-refractivity contribution in [2.45, 2.75) is 13.0 Å². The molecular weight excluding hydrogens is 693 g/mol. The van der Waals surface area contributed by atoms with Gasteiger partial charge in [-0.3, -0.25) is 14.6 Å². The molecule has 0 unspecified atom stereocenters. The molecule has 5 rings (SSSR count). The second-order valence-electron chi connectivity index (χ2n) is 11.6. The van der Waals surface area contributed by atoms with Gasteiger partial charge in [0.1, 0.15) is 22.4 Å². The van der Waals surface area contributed by atoms with Gasteiger partial charge in [-0.15, -0.1) is 0 Å². The van der Waals surface area contributed by atoms with Crippen LogP contribution in [-0.4, -0.2) is 103 Å². The molecule has 2 aliphatic rings. The highest BCUT2D eigenvalue weighted by molar-refractivity contribution is 8.26. The lowest BCUT2D eigenvalue weighted by atomic mass is 10.0. The van der Waals surface area contributed by atoms with E-state index in [2.05, 4.69) is 4.90 Å². The highest BCUT2D eigenvalue weighted by Crippen LogP contribution is 2.37. The molecule has 0 radical (unpaired) electrons. The number of morpholine rings is 1. The number of likely N-dealkylation sites (N-methyl/N-ethyl adjacent to an activating group) is 1. The maximum Gasteiger partial charge on any atom is 0.335 e. The number of carbonyl (C=O) groups is 2. The predicted molar refractivity (Wildman–Crippen MR) is 195 cm³/mol. The van der Waals surface area contributed by atoms with Crippen molar-refractivity contribution < 1.29 is 28.9 Å². The van der Waals surface area contributed by atoms with Crippen LogP contribution in [0.3, 0.4) is 0 Å². The third-order valence-corrected chi connectivity index (χ3v) is 9.92. The average molecular weight is 731 g/mol. The number of hydrogen-bond acceptors (Lipinski definition) is 9. The van der Waals surface area contributed by atoms with Crippen molar-refractivity contribution in [1.29, 1.82) is 0 Å². The summed E-state index contributed by atoms with van der Waals surface area (Å²) in [5.74, 6) is 0.116. The normalized spacial score (nSPS) is 16.3. The van der Waals surface area contributed by atoms with Crippen LogP contribution in [0.25, 0.3) is 17.2 Å². The molecule has 3 aromatic carbocycles. The lowest BCUT2D eigenvalue weighted by Gasteiger charge is -2.27. The van der Waals surface area contributed by atoms with Gasteiger partial charge in [-0.05, 0) is 80.2 Å². The molecular formula is C35H37Cl2N3O6S2. The van der Waals surface area contributed by atoms with Gasteiger partial charge in [-0.1, -0.05) is 59.3 Å². The van der Waals surface area contributed by atoms with Gasteiger partial charge in [-0.2, -0.15) is 0 Å². The van der Waals surface area contributed by atoms with Gasteiger partial charge < -0.3 is 24.2 Å². The van der Waals surface area contributed by atoms with E-state index in [0.717, 1.165) is 41.9 Å². The van der Waals surface area contributed by atoms with Crippen molar-refractivity contribution in [1.82, 2.24) is 14.7 Å². The van der Waals surface area contributed by atoms with Gasteiger partial charge in [0, 0.05) is 43.9 Å². The van der Waals surface area contributed by atoms with Crippen LogP contribution >= 0.6 is 47.2 Å². The molecule has 48 heavy (non-hydrogen) atoms. The fourth-order valence-corrected chi connectivity index (χ4v) is 6.80. The lowest BCUT2D eigenvalue weighted by molar-refractivity contribution is -0.122. The number of halogens is 2. The van der Waals surface area contributed by atoms with Gasteiger partial charge in [0.2, 0.25) is 0 Å². The minimum absolute atomic E-state index is 0.178. The van der Waals surface area contributed by atoms with Crippen molar-refractivity contribution in [2.24, 2.45) is 0 Å². The van der Waals surface area contributed by atoms with Crippen LogP contribution in [-0.2, 0) is 16.1 Å². The summed E-state index contributed by atoms with van der Waals surface area (Å²) in [5, 5.41) is 10.4. The van der Waals surface area contributed by atoms with E-state index in [4.69, 9.17) is 49.6 Å². The van der Waals surface area contributed by atoms with E-state index >= 15 is 0 Å². The first-order valence-corrected chi connectivity index (χ1v) is 17.5. The molecule has 0 aromatic heterocycles. The maximum absolute atomic E-state index is 13.6. The van der Waals surface area contributed by atoms with Crippen LogP contribution in [0.15, 0.2) is 59.5 Å². The molecule has 3 aromatic rings. The number of carboxylic acid groups (broad SMARTS) is 1. The van der Waals surface area contributed by atoms with Crippen LogP contribution in [0.1, 0.15) is 27.9 Å². The molecule has 254 valence electrons. The first-order chi connectivity index (χ1) is 23.1. The zero-order valence-electron chi connectivity index (χ0n) is 26.7. The summed E-state index contributed by atoms with van der Waals surface area (Å²) in [6, 6.07) is 16.2. The molecule has 2 fully saturated rings. The second-order valence-corrected chi connectivity index (χ2v) is 14.1.